The maximum absolute atomic E-state index is 2.55. The lowest BCUT2D eigenvalue weighted by Crippen LogP contribution is -2.55. The molecule has 0 heterocycles. The van der Waals surface area contributed by atoms with Crippen LogP contribution in [0, 0.1) is 47.3 Å². The van der Waals surface area contributed by atoms with E-state index < -0.39 is 0 Å². The molecule has 7 atom stereocenters. The fourth-order valence-electron chi connectivity index (χ4n) is 6.24. The first-order valence-electron chi connectivity index (χ1n) is 8.73. The molecule has 0 spiro atoms. The van der Waals surface area contributed by atoms with Gasteiger partial charge in [0.15, 0.2) is 0 Å². The first-order chi connectivity index (χ1) is 9.02. The molecule has 3 aliphatic rings. The number of rotatable bonds is 4. The Hall–Kier alpha value is -0.260. The van der Waals surface area contributed by atoms with Crippen LogP contribution in [0.3, 0.4) is 0 Å². The van der Waals surface area contributed by atoms with Gasteiger partial charge >= 0.3 is 0 Å². The van der Waals surface area contributed by atoms with E-state index in [-0.39, 0.29) is 0 Å². The highest BCUT2D eigenvalue weighted by Gasteiger charge is 2.64. The van der Waals surface area contributed by atoms with E-state index in [4.69, 9.17) is 0 Å². The van der Waals surface area contributed by atoms with Crippen molar-refractivity contribution in [2.24, 2.45) is 47.3 Å². The van der Waals surface area contributed by atoms with Gasteiger partial charge in [0.25, 0.3) is 0 Å². The second-order valence-electron chi connectivity index (χ2n) is 7.95. The summed E-state index contributed by atoms with van der Waals surface area (Å²) in [4.78, 5) is 0. The third-order valence-corrected chi connectivity index (χ3v) is 7.17. The summed E-state index contributed by atoms with van der Waals surface area (Å²) in [6.07, 6.45) is 4.28. The monoisotopic (exact) mass is 260 g/mol. The van der Waals surface area contributed by atoms with Gasteiger partial charge in [0.1, 0.15) is 0 Å². The van der Waals surface area contributed by atoms with Crippen LogP contribution in [0.15, 0.2) is 11.1 Å². The SMILES string of the molecule is CCC1CC2C3C(C)=C(C(CC)C(C)C)C3C2C1C. The molecule has 0 amide bonds. The zero-order chi connectivity index (χ0) is 13.9. The van der Waals surface area contributed by atoms with E-state index in [2.05, 4.69) is 41.5 Å². The molecule has 2 saturated carbocycles. The average Bonchev–Trinajstić information content (AvgIpc) is 2.60. The number of fused-ring (bicyclic) bond motifs is 4. The molecule has 0 saturated heterocycles. The average molecular weight is 260 g/mol. The molecule has 3 rings (SSSR count). The van der Waals surface area contributed by atoms with Gasteiger partial charge in [-0.1, -0.05) is 52.2 Å². The zero-order valence-corrected chi connectivity index (χ0v) is 13.7. The zero-order valence-electron chi connectivity index (χ0n) is 13.7. The number of allylic oxidation sites excluding steroid dienone is 2. The summed E-state index contributed by atoms with van der Waals surface area (Å²) in [5, 5.41) is 0. The van der Waals surface area contributed by atoms with Crippen LogP contribution in [0.1, 0.15) is 60.8 Å². The molecule has 0 aromatic heterocycles. The van der Waals surface area contributed by atoms with Crippen LogP contribution in [0.2, 0.25) is 0 Å². The summed E-state index contributed by atoms with van der Waals surface area (Å²) in [7, 11) is 0. The van der Waals surface area contributed by atoms with Crippen molar-refractivity contribution in [3.8, 4) is 0 Å². The first kappa shape index (κ1) is 13.7. The van der Waals surface area contributed by atoms with Crippen LogP contribution < -0.4 is 0 Å². The van der Waals surface area contributed by atoms with Gasteiger partial charge in [-0.25, -0.2) is 0 Å². The summed E-state index contributed by atoms with van der Waals surface area (Å²) < 4.78 is 0. The summed E-state index contributed by atoms with van der Waals surface area (Å²) in [5.41, 5.74) is 3.73. The van der Waals surface area contributed by atoms with Crippen molar-refractivity contribution in [3.63, 3.8) is 0 Å². The second kappa shape index (κ2) is 4.64. The van der Waals surface area contributed by atoms with Crippen molar-refractivity contribution in [1.29, 1.82) is 0 Å². The predicted octanol–water partition coefficient (Wildman–Crippen LogP) is 5.54. The molecule has 0 aromatic carbocycles. The number of hydrogen-bond acceptors (Lipinski definition) is 0. The van der Waals surface area contributed by atoms with Gasteiger partial charge in [0.2, 0.25) is 0 Å². The summed E-state index contributed by atoms with van der Waals surface area (Å²) in [6, 6.07) is 0. The number of hydrogen-bond donors (Lipinski definition) is 0. The predicted molar refractivity (Wildman–Crippen MR) is 82.8 cm³/mol. The first-order valence-corrected chi connectivity index (χ1v) is 8.73. The van der Waals surface area contributed by atoms with Gasteiger partial charge in [-0.3, -0.25) is 0 Å². The van der Waals surface area contributed by atoms with Crippen molar-refractivity contribution in [3.05, 3.63) is 11.1 Å². The highest BCUT2D eigenvalue weighted by atomic mass is 14.7. The molecule has 2 fully saturated rings. The van der Waals surface area contributed by atoms with E-state index >= 15 is 0 Å². The molecular weight excluding hydrogens is 228 g/mol. The van der Waals surface area contributed by atoms with E-state index in [0.717, 1.165) is 47.3 Å². The molecule has 0 aromatic rings. The topological polar surface area (TPSA) is 0 Å². The highest BCUT2D eigenvalue weighted by Crippen LogP contribution is 2.71. The summed E-state index contributed by atoms with van der Waals surface area (Å²) >= 11 is 0. The van der Waals surface area contributed by atoms with Crippen LogP contribution >= 0.6 is 0 Å². The quantitative estimate of drug-likeness (QED) is 0.582. The van der Waals surface area contributed by atoms with Gasteiger partial charge in [-0.2, -0.15) is 0 Å². The molecule has 108 valence electrons. The maximum Gasteiger partial charge on any atom is -0.00954 e. The Morgan fingerprint density at radius 1 is 1.16 bits per heavy atom. The van der Waals surface area contributed by atoms with Crippen LogP contribution in [0.25, 0.3) is 0 Å². The molecule has 0 radical (unpaired) electrons. The largest absolute Gasteiger partial charge is 0.0695 e. The Morgan fingerprint density at radius 3 is 2.37 bits per heavy atom. The fourth-order valence-corrected chi connectivity index (χ4v) is 6.24. The third kappa shape index (κ3) is 1.64. The van der Waals surface area contributed by atoms with E-state index in [1.165, 1.54) is 19.3 Å². The van der Waals surface area contributed by atoms with E-state index in [1.54, 1.807) is 0 Å². The van der Waals surface area contributed by atoms with Gasteiger partial charge < -0.3 is 0 Å². The van der Waals surface area contributed by atoms with Crippen molar-refractivity contribution in [1.82, 2.24) is 0 Å². The normalized spacial score (nSPS) is 45.6. The Bertz CT molecular complexity index is 389. The Morgan fingerprint density at radius 2 is 1.84 bits per heavy atom. The van der Waals surface area contributed by atoms with Crippen molar-refractivity contribution < 1.29 is 0 Å². The van der Waals surface area contributed by atoms with E-state index in [1.807, 2.05) is 11.1 Å². The standard InChI is InChI=1S/C19H32/c1-7-13-9-15-16(11(13)5)19-17(12(6)18(15)19)14(8-2)10(3)4/h10-11,13-16,18-19H,7-9H2,1-6H3. The maximum atomic E-state index is 2.55. The lowest BCUT2D eigenvalue weighted by Gasteiger charge is -2.62. The molecular formula is C19H32. The van der Waals surface area contributed by atoms with Gasteiger partial charge in [-0.05, 0) is 67.1 Å². The Balaban J connectivity index is 1.83. The lowest BCUT2D eigenvalue weighted by molar-refractivity contribution is -0.0126. The molecule has 3 aliphatic carbocycles. The van der Waals surface area contributed by atoms with Gasteiger partial charge in [0.05, 0.1) is 0 Å². The molecule has 7 unspecified atom stereocenters. The second-order valence-corrected chi connectivity index (χ2v) is 7.95. The van der Waals surface area contributed by atoms with Crippen LogP contribution in [-0.4, -0.2) is 0 Å². The Kier molecular flexibility index (Phi) is 3.35. The van der Waals surface area contributed by atoms with Gasteiger partial charge in [0, 0.05) is 0 Å². The molecule has 0 bridgehead atoms. The minimum atomic E-state index is 0.827. The third-order valence-electron chi connectivity index (χ3n) is 7.17. The van der Waals surface area contributed by atoms with Crippen LogP contribution in [-0.2, 0) is 0 Å². The van der Waals surface area contributed by atoms with E-state index in [9.17, 15) is 0 Å². The molecule has 19 heavy (non-hydrogen) atoms. The smallest absolute Gasteiger partial charge is 0.00954 e. The Labute approximate surface area is 120 Å². The van der Waals surface area contributed by atoms with Crippen molar-refractivity contribution in [2.45, 2.75) is 60.8 Å². The fraction of sp³-hybridized carbons (Fsp3) is 0.895. The van der Waals surface area contributed by atoms with Crippen molar-refractivity contribution in [2.75, 3.05) is 0 Å². The van der Waals surface area contributed by atoms with Gasteiger partial charge in [-0.15, -0.1) is 0 Å². The minimum Gasteiger partial charge on any atom is -0.0695 e. The molecule has 0 nitrogen and oxygen atoms in total. The van der Waals surface area contributed by atoms with Crippen LogP contribution in [0.5, 0.6) is 0 Å². The molecule has 0 heteroatoms. The van der Waals surface area contributed by atoms with Crippen molar-refractivity contribution >= 4 is 0 Å². The lowest BCUT2D eigenvalue weighted by atomic mass is 9.42. The molecule has 0 N–H and O–H groups in total. The molecule has 0 aliphatic heterocycles. The van der Waals surface area contributed by atoms with E-state index in [0.29, 0.717) is 0 Å². The van der Waals surface area contributed by atoms with Crippen LogP contribution in [0.4, 0.5) is 0 Å². The highest BCUT2D eigenvalue weighted by molar-refractivity contribution is 5.41. The summed E-state index contributed by atoms with van der Waals surface area (Å²) in [5.74, 6) is 7.84. The minimum absolute atomic E-state index is 0.827. The summed E-state index contributed by atoms with van der Waals surface area (Å²) in [6.45, 7) is 14.6.